The maximum absolute atomic E-state index is 13.9. The van der Waals surface area contributed by atoms with E-state index in [2.05, 4.69) is 15.5 Å². The minimum absolute atomic E-state index is 0.00438. The number of carbonyl (C=O) groups is 1. The summed E-state index contributed by atoms with van der Waals surface area (Å²) < 4.78 is 34.2. The Labute approximate surface area is 193 Å². The van der Waals surface area contributed by atoms with Crippen molar-refractivity contribution in [2.75, 3.05) is 6.61 Å². The van der Waals surface area contributed by atoms with Crippen molar-refractivity contribution in [3.8, 4) is 16.9 Å². The number of nitrogens with one attached hydrogen (secondary N) is 1. The third-order valence-corrected chi connectivity index (χ3v) is 6.96. The molecule has 1 aliphatic heterocycles. The molecule has 1 atom stereocenters. The summed E-state index contributed by atoms with van der Waals surface area (Å²) in [5.74, 6) is -0.788. The number of hydrogen-bond donors (Lipinski definition) is 1. The summed E-state index contributed by atoms with van der Waals surface area (Å²) in [6.45, 7) is 4.49. The normalized spacial score (nSPS) is 15.4. The summed E-state index contributed by atoms with van der Waals surface area (Å²) in [5.41, 5.74) is 3.20. The second kappa shape index (κ2) is 8.51. The lowest BCUT2D eigenvalue weighted by Crippen LogP contribution is -2.32. The molecule has 0 fully saturated rings. The van der Waals surface area contributed by atoms with E-state index in [1.807, 2.05) is 38.1 Å². The van der Waals surface area contributed by atoms with Gasteiger partial charge in [-0.25, -0.2) is 8.78 Å². The van der Waals surface area contributed by atoms with Crippen LogP contribution in [-0.4, -0.2) is 22.7 Å². The van der Waals surface area contributed by atoms with E-state index in [0.29, 0.717) is 39.2 Å². The van der Waals surface area contributed by atoms with E-state index in [4.69, 9.17) is 4.74 Å². The highest BCUT2D eigenvalue weighted by molar-refractivity contribution is 7.21. The molecule has 2 aromatic carbocycles. The summed E-state index contributed by atoms with van der Waals surface area (Å²) in [5, 5.41) is 11.5. The molecular formula is C25H21F2N3O2S. The topological polar surface area (TPSA) is 64.1 Å². The van der Waals surface area contributed by atoms with Gasteiger partial charge in [0.15, 0.2) is 0 Å². The Kier molecular flexibility index (Phi) is 5.54. The summed E-state index contributed by atoms with van der Waals surface area (Å²) in [4.78, 5) is 14.0. The zero-order valence-electron chi connectivity index (χ0n) is 18.1. The van der Waals surface area contributed by atoms with Crippen LogP contribution in [0.3, 0.4) is 0 Å². The molecule has 0 radical (unpaired) electrons. The number of amides is 1. The number of fused-ring (bicyclic) bond motifs is 2. The molecule has 1 amide bonds. The number of hydrogen-bond acceptors (Lipinski definition) is 5. The molecular weight excluding hydrogens is 444 g/mol. The van der Waals surface area contributed by atoms with Crippen LogP contribution in [0.1, 0.15) is 53.0 Å². The molecule has 5 rings (SSSR count). The Morgan fingerprint density at radius 3 is 2.70 bits per heavy atom. The first-order valence-corrected chi connectivity index (χ1v) is 11.5. The number of para-hydroxylation sites is 1. The molecule has 1 aliphatic rings. The van der Waals surface area contributed by atoms with Crippen LogP contribution in [0.25, 0.3) is 21.3 Å². The molecule has 33 heavy (non-hydrogen) atoms. The van der Waals surface area contributed by atoms with E-state index in [-0.39, 0.29) is 17.9 Å². The van der Waals surface area contributed by atoms with E-state index in [9.17, 15) is 13.6 Å². The number of halogens is 2. The molecule has 3 heterocycles. The highest BCUT2D eigenvalue weighted by Gasteiger charge is 2.28. The van der Waals surface area contributed by atoms with Gasteiger partial charge in [0.25, 0.3) is 5.91 Å². The second-order valence-electron chi connectivity index (χ2n) is 8.29. The minimum atomic E-state index is -0.674. The molecule has 168 valence electrons. The molecule has 2 aromatic heterocycles. The van der Waals surface area contributed by atoms with E-state index in [1.165, 1.54) is 29.7 Å². The lowest BCUT2D eigenvalue weighted by Gasteiger charge is -2.26. The van der Waals surface area contributed by atoms with Crippen LogP contribution in [0.4, 0.5) is 8.78 Å². The van der Waals surface area contributed by atoms with Gasteiger partial charge in [-0.05, 0) is 29.7 Å². The van der Waals surface area contributed by atoms with Gasteiger partial charge in [0.2, 0.25) is 0 Å². The Bertz CT molecular complexity index is 1350. The van der Waals surface area contributed by atoms with Crippen LogP contribution < -0.4 is 10.1 Å². The van der Waals surface area contributed by atoms with Crippen LogP contribution in [0.2, 0.25) is 0 Å². The van der Waals surface area contributed by atoms with Crippen molar-refractivity contribution in [3.05, 3.63) is 76.3 Å². The molecule has 8 heteroatoms. The monoisotopic (exact) mass is 465 g/mol. The van der Waals surface area contributed by atoms with Crippen molar-refractivity contribution in [1.29, 1.82) is 0 Å². The average molecular weight is 466 g/mol. The minimum Gasteiger partial charge on any atom is -0.493 e. The first-order chi connectivity index (χ1) is 15.9. The van der Waals surface area contributed by atoms with Gasteiger partial charge in [0.05, 0.1) is 28.4 Å². The number of nitrogens with zero attached hydrogens (tertiary/aromatic N) is 2. The fourth-order valence-electron chi connectivity index (χ4n) is 4.26. The Hall–Kier alpha value is -3.39. The summed E-state index contributed by atoms with van der Waals surface area (Å²) >= 11 is 1.27. The Morgan fingerprint density at radius 2 is 1.94 bits per heavy atom. The number of thiophene rings is 1. The van der Waals surface area contributed by atoms with Gasteiger partial charge in [0, 0.05) is 29.2 Å². The van der Waals surface area contributed by atoms with Gasteiger partial charge < -0.3 is 10.1 Å². The van der Waals surface area contributed by atoms with Crippen LogP contribution in [0, 0.1) is 11.6 Å². The molecule has 0 saturated heterocycles. The molecule has 0 saturated carbocycles. The lowest BCUT2D eigenvalue weighted by atomic mass is 9.98. The van der Waals surface area contributed by atoms with Gasteiger partial charge >= 0.3 is 0 Å². The molecule has 4 aromatic rings. The van der Waals surface area contributed by atoms with Crippen molar-refractivity contribution in [3.63, 3.8) is 0 Å². The molecule has 0 spiro atoms. The fourth-order valence-corrected chi connectivity index (χ4v) is 5.58. The van der Waals surface area contributed by atoms with Crippen molar-refractivity contribution in [1.82, 2.24) is 15.5 Å². The largest absolute Gasteiger partial charge is 0.493 e. The number of rotatable bonds is 4. The summed E-state index contributed by atoms with van der Waals surface area (Å²) in [6.07, 6.45) is 2.14. The average Bonchev–Trinajstić information content (AvgIpc) is 3.19. The summed E-state index contributed by atoms with van der Waals surface area (Å²) in [7, 11) is 0. The van der Waals surface area contributed by atoms with Gasteiger partial charge in [-0.1, -0.05) is 32.0 Å². The first-order valence-electron chi connectivity index (χ1n) is 10.7. The zero-order valence-corrected chi connectivity index (χ0v) is 18.9. The van der Waals surface area contributed by atoms with E-state index in [1.54, 1.807) is 0 Å². The predicted octanol–water partition coefficient (Wildman–Crippen LogP) is 6.01. The number of benzene rings is 2. The molecule has 1 N–H and O–H groups in total. The second-order valence-corrected chi connectivity index (χ2v) is 9.32. The third-order valence-electron chi connectivity index (χ3n) is 5.73. The van der Waals surface area contributed by atoms with Gasteiger partial charge in [-0.3, -0.25) is 4.79 Å². The smallest absolute Gasteiger partial charge is 0.262 e. The van der Waals surface area contributed by atoms with Crippen molar-refractivity contribution >= 4 is 27.5 Å². The molecule has 0 unspecified atom stereocenters. The number of carbonyl (C=O) groups excluding carboxylic acids is 1. The maximum atomic E-state index is 13.9. The van der Waals surface area contributed by atoms with Gasteiger partial charge in [-0.15, -0.1) is 16.4 Å². The lowest BCUT2D eigenvalue weighted by molar-refractivity contribution is 0.0928. The SMILES string of the molecule is CC(C)c1c(C(=O)N[C@H]2CCOc3ccccc32)sc2c(-c3cc(F)cc(F)c3)cnnc12. The highest BCUT2D eigenvalue weighted by atomic mass is 32.1. The van der Waals surface area contributed by atoms with Gasteiger partial charge in [0.1, 0.15) is 22.9 Å². The quantitative estimate of drug-likeness (QED) is 0.401. The van der Waals surface area contributed by atoms with Crippen LogP contribution in [0.5, 0.6) is 5.75 Å². The van der Waals surface area contributed by atoms with E-state index in [0.717, 1.165) is 22.9 Å². The fraction of sp³-hybridized carbons (Fsp3) is 0.240. The Balaban J connectivity index is 1.59. The first kappa shape index (κ1) is 21.5. The van der Waals surface area contributed by atoms with Crippen molar-refractivity contribution in [2.45, 2.75) is 32.2 Å². The standard InChI is InChI=1S/C25H21F2N3O2S/c1-13(2)21-22-23(18(12-28-30-22)14-9-15(26)11-16(27)10-14)33-24(21)25(31)29-19-7-8-32-20-6-4-3-5-17(19)20/h3-6,9-13,19H,7-8H2,1-2H3,(H,29,31)/t19-/m0/s1. The maximum Gasteiger partial charge on any atom is 0.262 e. The van der Waals surface area contributed by atoms with E-state index < -0.39 is 11.6 Å². The highest BCUT2D eigenvalue weighted by Crippen LogP contribution is 2.40. The summed E-state index contributed by atoms with van der Waals surface area (Å²) in [6, 6.07) is 10.8. The van der Waals surface area contributed by atoms with Crippen LogP contribution in [-0.2, 0) is 0 Å². The number of ether oxygens (including phenoxy) is 1. The van der Waals surface area contributed by atoms with Crippen LogP contribution in [0.15, 0.2) is 48.7 Å². The predicted molar refractivity (Wildman–Crippen MR) is 124 cm³/mol. The van der Waals surface area contributed by atoms with Crippen molar-refractivity contribution in [2.24, 2.45) is 0 Å². The van der Waals surface area contributed by atoms with E-state index >= 15 is 0 Å². The molecule has 0 bridgehead atoms. The van der Waals surface area contributed by atoms with Gasteiger partial charge in [-0.2, -0.15) is 5.10 Å². The molecule has 0 aliphatic carbocycles. The third kappa shape index (κ3) is 3.95. The number of aromatic nitrogens is 2. The van der Waals surface area contributed by atoms with Crippen LogP contribution >= 0.6 is 11.3 Å². The Morgan fingerprint density at radius 1 is 1.18 bits per heavy atom. The van der Waals surface area contributed by atoms with Crippen molar-refractivity contribution < 1.29 is 18.3 Å². The molecule has 5 nitrogen and oxygen atoms in total. The zero-order chi connectivity index (χ0) is 23.1.